The second-order valence-electron chi connectivity index (χ2n) is 9.48. The SMILES string of the molecule is COc1cccc(NC(=O)CC2SC(=Nc3ccc(C)c(C)c3)N(CC(=O)NC(C)(C)C)C2=O)c1. The van der Waals surface area contributed by atoms with Gasteiger partial charge in [-0.3, -0.25) is 19.3 Å². The summed E-state index contributed by atoms with van der Waals surface area (Å²) in [6.45, 7) is 9.47. The summed E-state index contributed by atoms with van der Waals surface area (Å²) in [7, 11) is 1.55. The number of benzene rings is 2. The summed E-state index contributed by atoms with van der Waals surface area (Å²) in [5.74, 6) is -0.299. The molecule has 3 amide bonds. The van der Waals surface area contributed by atoms with Crippen molar-refractivity contribution in [1.29, 1.82) is 0 Å². The number of amidine groups is 1. The van der Waals surface area contributed by atoms with Crippen LogP contribution in [0.25, 0.3) is 0 Å². The maximum atomic E-state index is 13.3. The van der Waals surface area contributed by atoms with Crippen molar-refractivity contribution in [1.82, 2.24) is 10.2 Å². The van der Waals surface area contributed by atoms with E-state index in [9.17, 15) is 14.4 Å². The first-order valence-electron chi connectivity index (χ1n) is 11.3. The number of anilines is 1. The number of carbonyl (C=O) groups is 3. The predicted molar refractivity (Wildman–Crippen MR) is 140 cm³/mol. The molecule has 0 saturated carbocycles. The molecule has 1 aliphatic heterocycles. The Morgan fingerprint density at radius 3 is 2.49 bits per heavy atom. The lowest BCUT2D eigenvalue weighted by Crippen LogP contribution is -2.47. The lowest BCUT2D eigenvalue weighted by molar-refractivity contribution is -0.132. The van der Waals surface area contributed by atoms with Crippen LogP contribution in [-0.4, -0.2) is 52.2 Å². The summed E-state index contributed by atoms with van der Waals surface area (Å²) in [5, 5.41) is 5.40. The van der Waals surface area contributed by atoms with Crippen molar-refractivity contribution in [2.24, 2.45) is 4.99 Å². The largest absolute Gasteiger partial charge is 0.497 e. The number of hydrogen-bond donors (Lipinski definition) is 2. The summed E-state index contributed by atoms with van der Waals surface area (Å²) >= 11 is 1.20. The Morgan fingerprint density at radius 2 is 1.83 bits per heavy atom. The van der Waals surface area contributed by atoms with Gasteiger partial charge in [-0.05, 0) is 70.0 Å². The summed E-state index contributed by atoms with van der Waals surface area (Å²) in [6, 6.07) is 12.8. The normalized spacial score (nSPS) is 17.0. The molecule has 9 heteroatoms. The molecule has 0 aliphatic carbocycles. The van der Waals surface area contributed by atoms with Gasteiger partial charge < -0.3 is 15.4 Å². The molecule has 1 fully saturated rings. The van der Waals surface area contributed by atoms with E-state index in [2.05, 4.69) is 15.6 Å². The average molecular weight is 497 g/mol. The quantitative estimate of drug-likeness (QED) is 0.599. The number of ether oxygens (including phenoxy) is 1. The predicted octanol–water partition coefficient (Wildman–Crippen LogP) is 4.19. The van der Waals surface area contributed by atoms with Gasteiger partial charge in [-0.2, -0.15) is 0 Å². The highest BCUT2D eigenvalue weighted by atomic mass is 32.2. The third-order valence-corrected chi connectivity index (χ3v) is 6.45. The summed E-state index contributed by atoms with van der Waals surface area (Å²) in [6.07, 6.45) is -0.0515. The minimum absolute atomic E-state index is 0.0515. The fourth-order valence-corrected chi connectivity index (χ4v) is 4.62. The molecule has 2 aromatic carbocycles. The lowest BCUT2D eigenvalue weighted by Gasteiger charge is -2.23. The molecule has 186 valence electrons. The van der Waals surface area contributed by atoms with Crippen LogP contribution < -0.4 is 15.4 Å². The van der Waals surface area contributed by atoms with Gasteiger partial charge in [0.25, 0.3) is 0 Å². The molecule has 0 radical (unpaired) electrons. The highest BCUT2D eigenvalue weighted by Gasteiger charge is 2.40. The number of nitrogens with one attached hydrogen (secondary N) is 2. The maximum absolute atomic E-state index is 13.3. The van der Waals surface area contributed by atoms with E-state index in [1.165, 1.54) is 16.7 Å². The number of amides is 3. The van der Waals surface area contributed by atoms with E-state index in [0.717, 1.165) is 11.1 Å². The van der Waals surface area contributed by atoms with Crippen LogP contribution in [0.3, 0.4) is 0 Å². The minimum atomic E-state index is -0.687. The van der Waals surface area contributed by atoms with Crippen molar-refractivity contribution in [3.63, 3.8) is 0 Å². The Kier molecular flexibility index (Phi) is 8.22. The summed E-state index contributed by atoms with van der Waals surface area (Å²) in [5.41, 5.74) is 3.04. The first kappa shape index (κ1) is 26.3. The molecule has 2 aromatic rings. The molecule has 0 aromatic heterocycles. The van der Waals surface area contributed by atoms with Crippen LogP contribution in [0, 0.1) is 13.8 Å². The van der Waals surface area contributed by atoms with Gasteiger partial charge in [-0.15, -0.1) is 0 Å². The molecule has 1 unspecified atom stereocenters. The van der Waals surface area contributed by atoms with E-state index in [4.69, 9.17) is 4.74 Å². The molecular formula is C26H32N4O4S. The molecule has 8 nitrogen and oxygen atoms in total. The zero-order chi connectivity index (χ0) is 25.8. The van der Waals surface area contributed by atoms with Gasteiger partial charge in [0, 0.05) is 23.7 Å². The van der Waals surface area contributed by atoms with Crippen molar-refractivity contribution in [2.75, 3.05) is 19.0 Å². The van der Waals surface area contributed by atoms with Gasteiger partial charge in [0.15, 0.2) is 5.17 Å². The number of nitrogens with zero attached hydrogens (tertiary/aromatic N) is 2. The number of thioether (sulfide) groups is 1. The highest BCUT2D eigenvalue weighted by Crippen LogP contribution is 2.32. The first-order valence-corrected chi connectivity index (χ1v) is 12.2. The van der Waals surface area contributed by atoms with Crippen LogP contribution in [0.5, 0.6) is 5.75 Å². The van der Waals surface area contributed by atoms with Crippen LogP contribution in [0.15, 0.2) is 47.5 Å². The average Bonchev–Trinajstić information content (AvgIpc) is 3.03. The second-order valence-corrected chi connectivity index (χ2v) is 10.6. The van der Waals surface area contributed by atoms with E-state index in [0.29, 0.717) is 22.3 Å². The molecule has 3 rings (SSSR count). The fraction of sp³-hybridized carbons (Fsp3) is 0.385. The van der Waals surface area contributed by atoms with Crippen LogP contribution in [0.1, 0.15) is 38.3 Å². The van der Waals surface area contributed by atoms with Gasteiger partial charge in [-0.25, -0.2) is 4.99 Å². The molecule has 1 saturated heterocycles. The molecule has 1 heterocycles. The van der Waals surface area contributed by atoms with Gasteiger partial charge in [0.2, 0.25) is 17.7 Å². The zero-order valence-electron chi connectivity index (χ0n) is 21.0. The lowest BCUT2D eigenvalue weighted by atomic mass is 10.1. The smallest absolute Gasteiger partial charge is 0.243 e. The molecular weight excluding hydrogens is 464 g/mol. The standard InChI is InChI=1S/C26H32N4O4S/c1-16-10-11-19(12-17(16)2)28-25-30(15-23(32)29-26(3,4)5)24(33)21(35-25)14-22(31)27-18-8-7-9-20(13-18)34-6/h7-13,21H,14-15H2,1-6H3,(H,27,31)(H,29,32). The van der Waals surface area contributed by atoms with Gasteiger partial charge in [0.1, 0.15) is 17.5 Å². The summed E-state index contributed by atoms with van der Waals surface area (Å²) < 4.78 is 5.19. The Morgan fingerprint density at radius 1 is 1.09 bits per heavy atom. The van der Waals surface area contributed by atoms with Crippen LogP contribution in [0.2, 0.25) is 0 Å². The molecule has 35 heavy (non-hydrogen) atoms. The van der Waals surface area contributed by atoms with Crippen molar-refractivity contribution < 1.29 is 19.1 Å². The highest BCUT2D eigenvalue weighted by molar-refractivity contribution is 8.15. The molecule has 1 atom stereocenters. The topological polar surface area (TPSA) is 100 Å². The number of methoxy groups -OCH3 is 1. The van der Waals surface area contributed by atoms with Gasteiger partial charge >= 0.3 is 0 Å². The molecule has 0 bridgehead atoms. The van der Waals surface area contributed by atoms with E-state index >= 15 is 0 Å². The minimum Gasteiger partial charge on any atom is -0.497 e. The monoisotopic (exact) mass is 496 g/mol. The van der Waals surface area contributed by atoms with Gasteiger partial charge in [-0.1, -0.05) is 23.9 Å². The maximum Gasteiger partial charge on any atom is 0.243 e. The number of aliphatic imine (C=N–C) groups is 1. The van der Waals surface area contributed by atoms with E-state index < -0.39 is 10.8 Å². The number of aryl methyl sites for hydroxylation is 2. The first-order chi connectivity index (χ1) is 16.4. The Labute approximate surface area is 210 Å². The van der Waals surface area contributed by atoms with E-state index in [-0.39, 0.29) is 30.7 Å². The second kappa shape index (κ2) is 10.9. The fourth-order valence-electron chi connectivity index (χ4n) is 3.46. The Balaban J connectivity index is 1.80. The van der Waals surface area contributed by atoms with Gasteiger partial charge in [0.05, 0.1) is 12.8 Å². The molecule has 1 aliphatic rings. The number of rotatable bonds is 7. The van der Waals surface area contributed by atoms with Crippen molar-refractivity contribution in [3.05, 3.63) is 53.6 Å². The summed E-state index contributed by atoms with van der Waals surface area (Å²) in [4.78, 5) is 44.6. The van der Waals surface area contributed by atoms with Crippen molar-refractivity contribution in [2.45, 2.75) is 51.8 Å². The van der Waals surface area contributed by atoms with E-state index in [1.54, 1.807) is 31.4 Å². The van der Waals surface area contributed by atoms with Crippen molar-refractivity contribution in [3.8, 4) is 5.75 Å². The van der Waals surface area contributed by atoms with Crippen LogP contribution in [0.4, 0.5) is 11.4 Å². The zero-order valence-corrected chi connectivity index (χ0v) is 21.8. The number of hydrogen-bond acceptors (Lipinski definition) is 6. The molecule has 0 spiro atoms. The third kappa shape index (κ3) is 7.32. The Hall–Kier alpha value is -3.33. The molecule has 2 N–H and O–H groups in total. The van der Waals surface area contributed by atoms with Crippen LogP contribution >= 0.6 is 11.8 Å². The van der Waals surface area contributed by atoms with Crippen LogP contribution in [-0.2, 0) is 14.4 Å². The Bertz CT molecular complexity index is 1160. The number of carbonyl (C=O) groups excluding carboxylic acids is 3. The van der Waals surface area contributed by atoms with Crippen molar-refractivity contribution >= 4 is 46.0 Å². The third-order valence-electron chi connectivity index (χ3n) is 5.28. The van der Waals surface area contributed by atoms with E-state index in [1.807, 2.05) is 52.8 Å².